The third-order valence-corrected chi connectivity index (χ3v) is 3.56. The van der Waals surface area contributed by atoms with Crippen LogP contribution in [0.15, 0.2) is 36.4 Å². The van der Waals surface area contributed by atoms with Gasteiger partial charge < -0.3 is 4.74 Å². The van der Waals surface area contributed by atoms with E-state index < -0.39 is 5.41 Å². The van der Waals surface area contributed by atoms with Gasteiger partial charge in [0.2, 0.25) is 0 Å². The second-order valence-corrected chi connectivity index (χ2v) is 5.12. The Morgan fingerprint density at radius 2 is 2.11 bits per heavy atom. The van der Waals surface area contributed by atoms with Gasteiger partial charge in [0.15, 0.2) is 0 Å². The SMILES string of the molecule is CCOC(=O)C1(Cc2cccc(Cl)c2)CC=CC1. The van der Waals surface area contributed by atoms with E-state index in [1.165, 1.54) is 0 Å². The molecule has 0 amide bonds. The lowest BCUT2D eigenvalue weighted by Gasteiger charge is -2.26. The van der Waals surface area contributed by atoms with Crippen LogP contribution in [-0.2, 0) is 16.0 Å². The highest BCUT2D eigenvalue weighted by atomic mass is 35.5. The first-order chi connectivity index (χ1) is 8.66. The number of hydrogen-bond acceptors (Lipinski definition) is 2. The van der Waals surface area contributed by atoms with E-state index in [0.717, 1.165) is 18.4 Å². The van der Waals surface area contributed by atoms with Crippen molar-refractivity contribution in [3.63, 3.8) is 0 Å². The Morgan fingerprint density at radius 3 is 2.72 bits per heavy atom. The lowest BCUT2D eigenvalue weighted by Crippen LogP contribution is -2.32. The fraction of sp³-hybridized carbons (Fsp3) is 0.400. The van der Waals surface area contributed by atoms with Gasteiger partial charge in [-0.1, -0.05) is 35.9 Å². The van der Waals surface area contributed by atoms with Crippen molar-refractivity contribution in [3.05, 3.63) is 47.0 Å². The number of carbonyl (C=O) groups is 1. The number of hydrogen-bond donors (Lipinski definition) is 0. The van der Waals surface area contributed by atoms with Crippen molar-refractivity contribution in [1.82, 2.24) is 0 Å². The number of rotatable bonds is 4. The molecule has 1 aromatic rings. The van der Waals surface area contributed by atoms with E-state index >= 15 is 0 Å². The smallest absolute Gasteiger partial charge is 0.313 e. The van der Waals surface area contributed by atoms with Crippen molar-refractivity contribution in [2.24, 2.45) is 5.41 Å². The molecule has 96 valence electrons. The largest absolute Gasteiger partial charge is 0.466 e. The zero-order valence-electron chi connectivity index (χ0n) is 10.5. The van der Waals surface area contributed by atoms with Crippen LogP contribution in [-0.4, -0.2) is 12.6 Å². The summed E-state index contributed by atoms with van der Waals surface area (Å²) in [6.07, 6.45) is 6.29. The third kappa shape index (κ3) is 2.75. The zero-order chi connectivity index (χ0) is 13.0. The van der Waals surface area contributed by atoms with Crippen LogP contribution in [0.1, 0.15) is 25.3 Å². The maximum absolute atomic E-state index is 12.2. The average molecular weight is 265 g/mol. The summed E-state index contributed by atoms with van der Waals surface area (Å²) in [5, 5.41) is 0.706. The first-order valence-electron chi connectivity index (χ1n) is 6.23. The van der Waals surface area contributed by atoms with Crippen LogP contribution in [0.5, 0.6) is 0 Å². The van der Waals surface area contributed by atoms with Crippen molar-refractivity contribution < 1.29 is 9.53 Å². The summed E-state index contributed by atoms with van der Waals surface area (Å²) < 4.78 is 5.22. The minimum Gasteiger partial charge on any atom is -0.466 e. The highest BCUT2D eigenvalue weighted by Crippen LogP contribution is 2.38. The van der Waals surface area contributed by atoms with E-state index in [1.54, 1.807) is 0 Å². The summed E-state index contributed by atoms with van der Waals surface area (Å²) in [6, 6.07) is 7.68. The fourth-order valence-electron chi connectivity index (χ4n) is 2.41. The van der Waals surface area contributed by atoms with E-state index in [-0.39, 0.29) is 5.97 Å². The Hall–Kier alpha value is -1.28. The molecule has 18 heavy (non-hydrogen) atoms. The molecule has 0 heterocycles. The molecule has 0 aliphatic heterocycles. The molecule has 0 N–H and O–H groups in total. The summed E-state index contributed by atoms with van der Waals surface area (Å²) in [5.74, 6) is -0.102. The molecule has 1 aromatic carbocycles. The highest BCUT2D eigenvalue weighted by molar-refractivity contribution is 6.30. The lowest BCUT2D eigenvalue weighted by molar-refractivity contribution is -0.154. The van der Waals surface area contributed by atoms with Crippen LogP contribution >= 0.6 is 11.6 Å². The summed E-state index contributed by atoms with van der Waals surface area (Å²) in [4.78, 5) is 12.2. The second kappa shape index (κ2) is 5.57. The standard InChI is InChI=1S/C15H17ClO2/c1-2-18-14(17)15(8-3-4-9-15)11-12-6-5-7-13(16)10-12/h3-7,10H,2,8-9,11H2,1H3. The van der Waals surface area contributed by atoms with Gasteiger partial charge in [0.05, 0.1) is 12.0 Å². The van der Waals surface area contributed by atoms with Crippen LogP contribution in [0.25, 0.3) is 0 Å². The number of halogens is 1. The van der Waals surface area contributed by atoms with Crippen molar-refractivity contribution in [2.45, 2.75) is 26.2 Å². The molecule has 0 radical (unpaired) electrons. The van der Waals surface area contributed by atoms with Crippen LogP contribution in [0, 0.1) is 5.41 Å². The Kier molecular flexibility index (Phi) is 4.07. The van der Waals surface area contributed by atoms with Crippen LogP contribution < -0.4 is 0 Å². The van der Waals surface area contributed by atoms with Crippen molar-refractivity contribution in [1.29, 1.82) is 0 Å². The first kappa shape index (κ1) is 13.2. The Bertz CT molecular complexity index is 457. The molecular formula is C15H17ClO2. The van der Waals surface area contributed by atoms with Crippen LogP contribution in [0.2, 0.25) is 5.02 Å². The molecule has 0 fully saturated rings. The Balaban J connectivity index is 2.19. The van der Waals surface area contributed by atoms with Gasteiger partial charge in [0.1, 0.15) is 0 Å². The lowest BCUT2D eigenvalue weighted by atomic mass is 9.79. The van der Waals surface area contributed by atoms with E-state index in [4.69, 9.17) is 16.3 Å². The van der Waals surface area contributed by atoms with Gasteiger partial charge in [0.25, 0.3) is 0 Å². The zero-order valence-corrected chi connectivity index (χ0v) is 11.2. The Labute approximate surface area is 113 Å². The number of allylic oxidation sites excluding steroid dienone is 2. The summed E-state index contributed by atoms with van der Waals surface area (Å²) in [5.41, 5.74) is 0.653. The average Bonchev–Trinajstić information content (AvgIpc) is 2.79. The molecule has 2 nitrogen and oxygen atoms in total. The summed E-state index contributed by atoms with van der Waals surface area (Å²) in [7, 11) is 0. The normalized spacial score (nSPS) is 16.8. The molecule has 2 rings (SSSR count). The predicted octanol–water partition coefficient (Wildman–Crippen LogP) is 3.78. The van der Waals surface area contributed by atoms with Gasteiger partial charge in [-0.25, -0.2) is 0 Å². The van der Waals surface area contributed by atoms with Crippen LogP contribution in [0.4, 0.5) is 0 Å². The van der Waals surface area contributed by atoms with E-state index in [9.17, 15) is 4.79 Å². The highest BCUT2D eigenvalue weighted by Gasteiger charge is 2.40. The van der Waals surface area contributed by atoms with Gasteiger partial charge in [0, 0.05) is 5.02 Å². The molecule has 3 heteroatoms. The fourth-order valence-corrected chi connectivity index (χ4v) is 2.62. The molecule has 0 aromatic heterocycles. The molecule has 1 aliphatic carbocycles. The summed E-state index contributed by atoms with van der Waals surface area (Å²) >= 11 is 5.98. The van der Waals surface area contributed by atoms with E-state index in [0.29, 0.717) is 18.1 Å². The van der Waals surface area contributed by atoms with Gasteiger partial charge in [-0.15, -0.1) is 0 Å². The molecule has 0 spiro atoms. The molecule has 0 bridgehead atoms. The minimum atomic E-state index is -0.430. The van der Waals surface area contributed by atoms with Crippen molar-refractivity contribution in [3.8, 4) is 0 Å². The monoisotopic (exact) mass is 264 g/mol. The molecule has 0 atom stereocenters. The minimum absolute atomic E-state index is 0.102. The number of benzene rings is 1. The predicted molar refractivity (Wildman–Crippen MR) is 72.6 cm³/mol. The van der Waals surface area contributed by atoms with Gasteiger partial charge >= 0.3 is 5.97 Å². The number of esters is 1. The quantitative estimate of drug-likeness (QED) is 0.611. The van der Waals surface area contributed by atoms with Gasteiger partial charge in [-0.3, -0.25) is 4.79 Å². The van der Waals surface area contributed by atoms with E-state index in [1.807, 2.05) is 31.2 Å². The second-order valence-electron chi connectivity index (χ2n) is 4.69. The van der Waals surface area contributed by atoms with Crippen molar-refractivity contribution >= 4 is 17.6 Å². The number of carbonyl (C=O) groups excluding carboxylic acids is 1. The Morgan fingerprint density at radius 1 is 1.39 bits per heavy atom. The molecule has 0 saturated heterocycles. The molecule has 0 unspecified atom stereocenters. The first-order valence-corrected chi connectivity index (χ1v) is 6.61. The van der Waals surface area contributed by atoms with Gasteiger partial charge in [-0.05, 0) is 43.9 Å². The molecule has 0 saturated carbocycles. The maximum atomic E-state index is 12.2. The maximum Gasteiger partial charge on any atom is 0.313 e. The number of ether oxygens (including phenoxy) is 1. The topological polar surface area (TPSA) is 26.3 Å². The van der Waals surface area contributed by atoms with Crippen LogP contribution in [0.3, 0.4) is 0 Å². The van der Waals surface area contributed by atoms with Gasteiger partial charge in [-0.2, -0.15) is 0 Å². The van der Waals surface area contributed by atoms with Crippen molar-refractivity contribution in [2.75, 3.05) is 6.61 Å². The molecule has 1 aliphatic rings. The summed E-state index contributed by atoms with van der Waals surface area (Å²) in [6.45, 7) is 2.27. The van der Waals surface area contributed by atoms with E-state index in [2.05, 4.69) is 12.2 Å². The third-order valence-electron chi connectivity index (χ3n) is 3.32. The molecular weight excluding hydrogens is 248 g/mol.